The third-order valence-corrected chi connectivity index (χ3v) is 4.53. The molecule has 19 heavy (non-hydrogen) atoms. The third-order valence-electron chi connectivity index (χ3n) is 3.83. The van der Waals surface area contributed by atoms with Gasteiger partial charge < -0.3 is 5.73 Å². The fraction of sp³-hybridized carbons (Fsp3) is 0.294. The zero-order chi connectivity index (χ0) is 14.2. The lowest BCUT2D eigenvalue weighted by molar-refractivity contribution is 0.595. The van der Waals surface area contributed by atoms with E-state index in [9.17, 15) is 0 Å². The second kappa shape index (κ2) is 5.10. The zero-order valence-corrected chi connectivity index (χ0v) is 13.5. The minimum Gasteiger partial charge on any atom is -0.318 e. The highest BCUT2D eigenvalue weighted by Gasteiger charge is 2.27. The first kappa shape index (κ1) is 14.3. The summed E-state index contributed by atoms with van der Waals surface area (Å²) in [7, 11) is 0. The summed E-state index contributed by atoms with van der Waals surface area (Å²) in [5.74, 6) is 0. The van der Waals surface area contributed by atoms with Gasteiger partial charge in [-0.1, -0.05) is 46.3 Å². The predicted molar refractivity (Wildman–Crippen MR) is 85.4 cm³/mol. The number of halogens is 1. The molecular formula is C17H20BrN. The van der Waals surface area contributed by atoms with Crippen LogP contribution in [0.1, 0.15) is 34.7 Å². The fourth-order valence-electron chi connectivity index (χ4n) is 2.55. The highest BCUT2D eigenvalue weighted by atomic mass is 79.9. The second-order valence-corrected chi connectivity index (χ2v) is 6.29. The van der Waals surface area contributed by atoms with E-state index in [1.807, 2.05) is 18.2 Å². The molecule has 2 aromatic rings. The summed E-state index contributed by atoms with van der Waals surface area (Å²) in [6.45, 7) is 8.47. The Kier molecular flexibility index (Phi) is 3.84. The van der Waals surface area contributed by atoms with Crippen LogP contribution >= 0.6 is 15.9 Å². The van der Waals surface area contributed by atoms with Gasteiger partial charge in [0.15, 0.2) is 0 Å². The van der Waals surface area contributed by atoms with Gasteiger partial charge >= 0.3 is 0 Å². The van der Waals surface area contributed by atoms with Crippen molar-refractivity contribution < 1.29 is 0 Å². The number of nitrogens with two attached hydrogens (primary N) is 1. The van der Waals surface area contributed by atoms with Crippen LogP contribution in [0.2, 0.25) is 0 Å². The summed E-state index contributed by atoms with van der Waals surface area (Å²) in [6.07, 6.45) is 0. The largest absolute Gasteiger partial charge is 0.318 e. The number of hydrogen-bond acceptors (Lipinski definition) is 1. The molecule has 0 radical (unpaired) electrons. The Balaban J connectivity index is 2.63. The molecule has 0 bridgehead atoms. The lowest BCUT2D eigenvalue weighted by atomic mass is 9.82. The topological polar surface area (TPSA) is 26.0 Å². The second-order valence-electron chi connectivity index (χ2n) is 5.43. The molecule has 2 heteroatoms. The summed E-state index contributed by atoms with van der Waals surface area (Å²) in [4.78, 5) is 0. The SMILES string of the molecule is Cc1cc(C)c(C(C)(N)c2ccccc2Br)cc1C. The molecule has 0 aliphatic heterocycles. The van der Waals surface area contributed by atoms with E-state index in [2.05, 4.69) is 61.8 Å². The number of benzene rings is 2. The third kappa shape index (κ3) is 2.60. The molecule has 1 unspecified atom stereocenters. The van der Waals surface area contributed by atoms with Gasteiger partial charge in [-0.25, -0.2) is 0 Å². The van der Waals surface area contributed by atoms with Crippen molar-refractivity contribution in [3.63, 3.8) is 0 Å². The molecule has 0 saturated heterocycles. The van der Waals surface area contributed by atoms with Crippen LogP contribution in [0.4, 0.5) is 0 Å². The van der Waals surface area contributed by atoms with Crippen molar-refractivity contribution in [3.8, 4) is 0 Å². The van der Waals surface area contributed by atoms with Crippen molar-refractivity contribution in [2.75, 3.05) is 0 Å². The molecule has 2 rings (SSSR count). The van der Waals surface area contributed by atoms with E-state index in [4.69, 9.17) is 5.73 Å². The van der Waals surface area contributed by atoms with E-state index in [1.165, 1.54) is 22.3 Å². The van der Waals surface area contributed by atoms with Crippen LogP contribution in [0, 0.1) is 20.8 Å². The molecule has 2 N–H and O–H groups in total. The zero-order valence-electron chi connectivity index (χ0n) is 11.9. The molecule has 0 heterocycles. The van der Waals surface area contributed by atoms with Gasteiger partial charge in [-0.15, -0.1) is 0 Å². The standard InChI is InChI=1S/C17H20BrN/c1-11-9-13(3)15(10-12(11)2)17(4,19)14-7-5-6-8-16(14)18/h5-10H,19H2,1-4H3. The first-order valence-corrected chi connectivity index (χ1v) is 7.25. The molecule has 1 nitrogen and oxygen atoms in total. The Morgan fingerprint density at radius 3 is 2.11 bits per heavy atom. The van der Waals surface area contributed by atoms with Gasteiger partial charge in [0.05, 0.1) is 5.54 Å². The highest BCUT2D eigenvalue weighted by Crippen LogP contribution is 2.34. The smallest absolute Gasteiger partial charge is 0.0650 e. The van der Waals surface area contributed by atoms with Gasteiger partial charge in [-0.05, 0) is 61.6 Å². The van der Waals surface area contributed by atoms with Gasteiger partial charge in [0.2, 0.25) is 0 Å². The van der Waals surface area contributed by atoms with E-state index in [0.717, 1.165) is 10.0 Å². The van der Waals surface area contributed by atoms with Gasteiger partial charge in [-0.3, -0.25) is 0 Å². The molecule has 0 saturated carbocycles. The molecule has 0 fully saturated rings. The van der Waals surface area contributed by atoms with Crippen molar-refractivity contribution in [1.82, 2.24) is 0 Å². The monoisotopic (exact) mass is 317 g/mol. The van der Waals surface area contributed by atoms with E-state index in [-0.39, 0.29) is 0 Å². The molecule has 0 aliphatic carbocycles. The number of hydrogen-bond donors (Lipinski definition) is 1. The van der Waals surface area contributed by atoms with Gasteiger partial charge in [0.1, 0.15) is 0 Å². The van der Waals surface area contributed by atoms with Crippen molar-refractivity contribution >= 4 is 15.9 Å². The van der Waals surface area contributed by atoms with Crippen LogP contribution in [0.5, 0.6) is 0 Å². The van der Waals surface area contributed by atoms with Crippen LogP contribution in [0.3, 0.4) is 0 Å². The summed E-state index contributed by atoms with van der Waals surface area (Å²) < 4.78 is 1.05. The van der Waals surface area contributed by atoms with Gasteiger partial charge in [0.25, 0.3) is 0 Å². The maximum atomic E-state index is 6.65. The van der Waals surface area contributed by atoms with Gasteiger partial charge in [0, 0.05) is 4.47 Å². The molecule has 100 valence electrons. The van der Waals surface area contributed by atoms with Crippen molar-refractivity contribution in [3.05, 3.63) is 68.7 Å². The van der Waals surface area contributed by atoms with Crippen LogP contribution in [-0.4, -0.2) is 0 Å². The number of rotatable bonds is 2. The van der Waals surface area contributed by atoms with Crippen LogP contribution in [0.25, 0.3) is 0 Å². The van der Waals surface area contributed by atoms with Crippen molar-refractivity contribution in [2.24, 2.45) is 5.73 Å². The van der Waals surface area contributed by atoms with Crippen LogP contribution < -0.4 is 5.73 Å². The quantitative estimate of drug-likeness (QED) is 0.860. The minimum atomic E-state index is -0.497. The van der Waals surface area contributed by atoms with E-state index >= 15 is 0 Å². The van der Waals surface area contributed by atoms with Crippen molar-refractivity contribution in [2.45, 2.75) is 33.2 Å². The molecule has 0 aromatic heterocycles. The molecular weight excluding hydrogens is 298 g/mol. The molecule has 0 amide bonds. The lowest BCUT2D eigenvalue weighted by Gasteiger charge is -2.29. The predicted octanol–water partition coefficient (Wildman–Crippen LogP) is 4.60. The molecule has 0 aliphatic rings. The normalized spacial score (nSPS) is 14.2. The molecule has 0 spiro atoms. The summed E-state index contributed by atoms with van der Waals surface area (Å²) >= 11 is 3.61. The fourth-order valence-corrected chi connectivity index (χ4v) is 3.24. The van der Waals surface area contributed by atoms with E-state index < -0.39 is 5.54 Å². The van der Waals surface area contributed by atoms with Crippen LogP contribution in [0.15, 0.2) is 40.9 Å². The summed E-state index contributed by atoms with van der Waals surface area (Å²) in [5, 5.41) is 0. The Bertz CT molecular complexity index is 615. The van der Waals surface area contributed by atoms with E-state index in [1.54, 1.807) is 0 Å². The Hall–Kier alpha value is -1.12. The maximum absolute atomic E-state index is 6.65. The summed E-state index contributed by atoms with van der Waals surface area (Å²) in [5.41, 5.74) is 12.3. The first-order chi connectivity index (χ1) is 8.84. The van der Waals surface area contributed by atoms with Crippen LogP contribution in [-0.2, 0) is 5.54 Å². The number of aryl methyl sites for hydroxylation is 3. The maximum Gasteiger partial charge on any atom is 0.0650 e. The minimum absolute atomic E-state index is 0.497. The summed E-state index contributed by atoms with van der Waals surface area (Å²) in [6, 6.07) is 12.6. The Morgan fingerprint density at radius 1 is 0.895 bits per heavy atom. The van der Waals surface area contributed by atoms with E-state index in [0.29, 0.717) is 0 Å². The average molecular weight is 318 g/mol. The highest BCUT2D eigenvalue weighted by molar-refractivity contribution is 9.10. The lowest BCUT2D eigenvalue weighted by Crippen LogP contribution is -2.35. The average Bonchev–Trinajstić information content (AvgIpc) is 2.34. The van der Waals surface area contributed by atoms with Gasteiger partial charge in [-0.2, -0.15) is 0 Å². The van der Waals surface area contributed by atoms with Crippen molar-refractivity contribution in [1.29, 1.82) is 0 Å². The molecule has 1 atom stereocenters. The molecule has 2 aromatic carbocycles. The Labute approximate surface area is 124 Å². The Morgan fingerprint density at radius 2 is 1.47 bits per heavy atom. The first-order valence-electron chi connectivity index (χ1n) is 6.46.